The van der Waals surface area contributed by atoms with Crippen LogP contribution < -0.4 is 5.32 Å². The van der Waals surface area contributed by atoms with Crippen molar-refractivity contribution in [2.24, 2.45) is 10.8 Å². The largest absolute Gasteiger partial charge is 0.356 e. The van der Waals surface area contributed by atoms with Gasteiger partial charge in [-0.15, -0.1) is 0 Å². The lowest BCUT2D eigenvalue weighted by molar-refractivity contribution is -0.119. The highest BCUT2D eigenvalue weighted by molar-refractivity contribution is 5.72. The Morgan fingerprint density at radius 3 is 1.81 bits per heavy atom. The maximum Gasteiger partial charge on any atom is 0.216 e. The van der Waals surface area contributed by atoms with Crippen molar-refractivity contribution in [3.63, 3.8) is 0 Å². The number of rotatable bonds is 5. The molecule has 16 heavy (non-hydrogen) atoms. The molecule has 0 saturated heterocycles. The van der Waals surface area contributed by atoms with Crippen LogP contribution in [-0.4, -0.2) is 12.5 Å². The Morgan fingerprint density at radius 2 is 1.50 bits per heavy atom. The van der Waals surface area contributed by atoms with Crippen LogP contribution in [0.2, 0.25) is 0 Å². The quantitative estimate of drug-likeness (QED) is 0.758. The fourth-order valence-corrected chi connectivity index (χ4v) is 1.85. The number of nitrogens with one attached hydrogen (secondary N) is 1. The molecule has 0 rings (SSSR count). The standard InChI is InChI=1S/C12H25NO.C2H6/c1-7-11(3,4)8-12(5,6)9-13-10(2)14;1-2/h7-9H2,1-6H3,(H,13,14);1-2H3. The van der Waals surface area contributed by atoms with E-state index in [1.54, 1.807) is 6.92 Å². The molecule has 98 valence electrons. The molecule has 0 saturated carbocycles. The zero-order valence-electron chi connectivity index (χ0n) is 12.5. The zero-order valence-corrected chi connectivity index (χ0v) is 12.5. The first-order valence-electron chi connectivity index (χ1n) is 6.43. The SMILES string of the molecule is CC.CCC(C)(C)CC(C)(C)CNC(C)=O. The van der Waals surface area contributed by atoms with E-state index in [1.807, 2.05) is 13.8 Å². The Kier molecular flexibility index (Phi) is 8.59. The molecule has 0 radical (unpaired) electrons. The fraction of sp³-hybridized carbons (Fsp3) is 0.929. The van der Waals surface area contributed by atoms with Crippen molar-refractivity contribution < 1.29 is 4.79 Å². The van der Waals surface area contributed by atoms with E-state index in [4.69, 9.17) is 0 Å². The van der Waals surface area contributed by atoms with Crippen LogP contribution in [-0.2, 0) is 4.79 Å². The maximum atomic E-state index is 10.8. The van der Waals surface area contributed by atoms with Gasteiger partial charge in [0.1, 0.15) is 0 Å². The third-order valence-electron chi connectivity index (χ3n) is 2.73. The number of amides is 1. The minimum Gasteiger partial charge on any atom is -0.356 e. The molecule has 0 aliphatic heterocycles. The summed E-state index contributed by atoms with van der Waals surface area (Å²) in [5.74, 6) is 0.0624. The van der Waals surface area contributed by atoms with Crippen LogP contribution in [0.25, 0.3) is 0 Å². The van der Waals surface area contributed by atoms with Crippen molar-refractivity contribution in [2.45, 2.75) is 68.2 Å². The zero-order chi connectivity index (χ0) is 13.4. The highest BCUT2D eigenvalue weighted by Gasteiger charge is 2.27. The number of carbonyl (C=O) groups is 1. The predicted molar refractivity (Wildman–Crippen MR) is 72.5 cm³/mol. The molecule has 0 aromatic rings. The summed E-state index contributed by atoms with van der Waals surface area (Å²) in [5, 5.41) is 2.89. The van der Waals surface area contributed by atoms with Gasteiger partial charge < -0.3 is 5.32 Å². The molecule has 0 aromatic heterocycles. The van der Waals surface area contributed by atoms with Crippen LogP contribution in [0.5, 0.6) is 0 Å². The summed E-state index contributed by atoms with van der Waals surface area (Å²) in [6, 6.07) is 0. The van der Waals surface area contributed by atoms with Gasteiger partial charge in [-0.25, -0.2) is 0 Å². The molecule has 1 amide bonds. The topological polar surface area (TPSA) is 29.1 Å². The first-order chi connectivity index (χ1) is 7.18. The molecule has 2 heteroatoms. The minimum absolute atomic E-state index is 0.0624. The molecule has 0 heterocycles. The third-order valence-corrected chi connectivity index (χ3v) is 2.73. The molecule has 0 aliphatic rings. The summed E-state index contributed by atoms with van der Waals surface area (Å²) in [6.07, 6.45) is 2.31. The lowest BCUT2D eigenvalue weighted by Gasteiger charge is -2.34. The lowest BCUT2D eigenvalue weighted by atomic mass is 9.74. The molecule has 0 aliphatic carbocycles. The molecule has 0 atom stereocenters. The number of hydrogen-bond acceptors (Lipinski definition) is 1. The van der Waals surface area contributed by atoms with Gasteiger partial charge in [-0.2, -0.15) is 0 Å². The van der Waals surface area contributed by atoms with Crippen molar-refractivity contribution in [1.29, 1.82) is 0 Å². The molecule has 0 unspecified atom stereocenters. The number of carbonyl (C=O) groups excluding carboxylic acids is 1. The van der Waals surface area contributed by atoms with Crippen molar-refractivity contribution in [3.8, 4) is 0 Å². The molecule has 1 N–H and O–H groups in total. The molecule has 0 fully saturated rings. The molecular weight excluding hydrogens is 198 g/mol. The Hall–Kier alpha value is -0.530. The van der Waals surface area contributed by atoms with Crippen LogP contribution in [0.1, 0.15) is 68.2 Å². The molecule has 2 nitrogen and oxygen atoms in total. The highest BCUT2D eigenvalue weighted by Crippen LogP contribution is 2.35. The Morgan fingerprint density at radius 1 is 1.06 bits per heavy atom. The second kappa shape index (κ2) is 7.70. The molecule has 0 spiro atoms. The molecule has 0 bridgehead atoms. The van der Waals surface area contributed by atoms with Crippen LogP contribution in [0.15, 0.2) is 0 Å². The summed E-state index contributed by atoms with van der Waals surface area (Å²) >= 11 is 0. The second-order valence-corrected chi connectivity index (χ2v) is 5.77. The molecule has 0 aromatic carbocycles. The van der Waals surface area contributed by atoms with Crippen LogP contribution in [0.3, 0.4) is 0 Å². The van der Waals surface area contributed by atoms with E-state index in [0.717, 1.165) is 13.0 Å². The van der Waals surface area contributed by atoms with E-state index in [0.29, 0.717) is 5.41 Å². The van der Waals surface area contributed by atoms with Gasteiger partial charge >= 0.3 is 0 Å². The Labute approximate surface area is 102 Å². The van der Waals surface area contributed by atoms with Crippen molar-refractivity contribution in [3.05, 3.63) is 0 Å². The summed E-state index contributed by atoms with van der Waals surface area (Å²) in [7, 11) is 0. The third kappa shape index (κ3) is 10.0. The fourth-order valence-electron chi connectivity index (χ4n) is 1.85. The first-order valence-corrected chi connectivity index (χ1v) is 6.43. The lowest BCUT2D eigenvalue weighted by Crippen LogP contribution is -2.35. The van der Waals surface area contributed by atoms with Gasteiger partial charge in [0.2, 0.25) is 5.91 Å². The van der Waals surface area contributed by atoms with Gasteiger partial charge in [-0.05, 0) is 17.3 Å². The number of hydrogen-bond donors (Lipinski definition) is 1. The van der Waals surface area contributed by atoms with Crippen molar-refractivity contribution in [2.75, 3.05) is 6.54 Å². The van der Waals surface area contributed by atoms with E-state index in [9.17, 15) is 4.79 Å². The predicted octanol–water partition coefficient (Wildman–Crippen LogP) is 4.00. The monoisotopic (exact) mass is 229 g/mol. The van der Waals surface area contributed by atoms with E-state index in [-0.39, 0.29) is 11.3 Å². The van der Waals surface area contributed by atoms with E-state index in [1.165, 1.54) is 6.42 Å². The summed E-state index contributed by atoms with van der Waals surface area (Å²) < 4.78 is 0. The Bertz CT molecular complexity index is 195. The van der Waals surface area contributed by atoms with Crippen molar-refractivity contribution >= 4 is 5.91 Å². The van der Waals surface area contributed by atoms with Gasteiger partial charge in [-0.1, -0.05) is 54.9 Å². The molecular formula is C14H31NO. The first kappa shape index (κ1) is 17.9. The Balaban J connectivity index is 0. The maximum absolute atomic E-state index is 10.8. The van der Waals surface area contributed by atoms with Crippen LogP contribution in [0.4, 0.5) is 0 Å². The smallest absolute Gasteiger partial charge is 0.216 e. The normalized spacial score (nSPS) is 11.5. The van der Waals surface area contributed by atoms with Crippen LogP contribution >= 0.6 is 0 Å². The summed E-state index contributed by atoms with van der Waals surface area (Å²) in [4.78, 5) is 10.8. The van der Waals surface area contributed by atoms with Gasteiger partial charge in [0.05, 0.1) is 0 Å². The van der Waals surface area contributed by atoms with Gasteiger partial charge in [0.15, 0.2) is 0 Å². The highest BCUT2D eigenvalue weighted by atomic mass is 16.1. The minimum atomic E-state index is 0.0624. The summed E-state index contributed by atoms with van der Waals surface area (Å²) in [6.45, 7) is 17.5. The van der Waals surface area contributed by atoms with E-state index >= 15 is 0 Å². The van der Waals surface area contributed by atoms with E-state index in [2.05, 4.69) is 39.9 Å². The summed E-state index contributed by atoms with van der Waals surface area (Å²) in [5.41, 5.74) is 0.549. The van der Waals surface area contributed by atoms with E-state index < -0.39 is 0 Å². The average Bonchev–Trinajstić information content (AvgIpc) is 2.17. The van der Waals surface area contributed by atoms with Crippen molar-refractivity contribution in [1.82, 2.24) is 5.32 Å². The van der Waals surface area contributed by atoms with Crippen LogP contribution in [0, 0.1) is 10.8 Å². The van der Waals surface area contributed by atoms with Gasteiger partial charge in [0, 0.05) is 13.5 Å². The van der Waals surface area contributed by atoms with Gasteiger partial charge in [-0.3, -0.25) is 4.79 Å². The second-order valence-electron chi connectivity index (χ2n) is 5.77. The van der Waals surface area contributed by atoms with Gasteiger partial charge in [0.25, 0.3) is 0 Å². The average molecular weight is 229 g/mol.